The number of carbonyl (C=O) groups excluding carboxylic acids is 4. The van der Waals surface area contributed by atoms with Crippen LogP contribution in [0.15, 0.2) is 121 Å². The van der Waals surface area contributed by atoms with Crippen LogP contribution in [-0.4, -0.2) is 23.6 Å². The van der Waals surface area contributed by atoms with Crippen molar-refractivity contribution in [3.05, 3.63) is 155 Å². The van der Waals surface area contributed by atoms with Gasteiger partial charge in [0.15, 0.2) is 0 Å². The van der Waals surface area contributed by atoms with Crippen LogP contribution >= 0.6 is 0 Å². The van der Waals surface area contributed by atoms with Crippen molar-refractivity contribution in [2.24, 2.45) is 5.92 Å². The maximum atomic E-state index is 13.9. The Hall–Kier alpha value is -5.88. The van der Waals surface area contributed by atoms with Crippen LogP contribution in [0.5, 0.6) is 0 Å². The van der Waals surface area contributed by atoms with Gasteiger partial charge >= 0.3 is 0 Å². The van der Waals surface area contributed by atoms with E-state index in [0.717, 1.165) is 33.6 Å². The Bertz CT molecular complexity index is 2080. The second-order valence-electron chi connectivity index (χ2n) is 11.6. The van der Waals surface area contributed by atoms with E-state index in [0.29, 0.717) is 22.1 Å². The third-order valence-corrected chi connectivity index (χ3v) is 8.93. The van der Waals surface area contributed by atoms with Crippen LogP contribution in [0.1, 0.15) is 65.9 Å². The van der Waals surface area contributed by atoms with E-state index < -0.39 is 23.6 Å². The van der Waals surface area contributed by atoms with E-state index in [1.54, 1.807) is 48.5 Å². The Morgan fingerprint density at radius 2 is 1.11 bits per heavy atom. The lowest BCUT2D eigenvalue weighted by Gasteiger charge is -2.32. The largest absolute Gasteiger partial charge is 0.268 e. The molecule has 0 spiro atoms. The summed E-state index contributed by atoms with van der Waals surface area (Å²) in [6, 6.07) is 21.0. The second-order valence-corrected chi connectivity index (χ2v) is 11.6. The molecule has 2 aliphatic heterocycles. The van der Waals surface area contributed by atoms with Crippen molar-refractivity contribution in [1.29, 1.82) is 0 Å². The molecule has 0 radical (unpaired) electrons. The van der Waals surface area contributed by atoms with Gasteiger partial charge in [-0.2, -0.15) is 0 Å². The molecule has 45 heavy (non-hydrogen) atoms. The zero-order valence-corrected chi connectivity index (χ0v) is 24.4. The van der Waals surface area contributed by atoms with Gasteiger partial charge in [0, 0.05) is 38.9 Å². The molecular formula is C39H26N2O4. The van der Waals surface area contributed by atoms with Crippen molar-refractivity contribution in [2.75, 3.05) is 9.80 Å². The van der Waals surface area contributed by atoms with Crippen LogP contribution in [-0.2, 0) is 0 Å². The predicted molar refractivity (Wildman–Crippen MR) is 176 cm³/mol. The molecule has 4 aromatic rings. The summed E-state index contributed by atoms with van der Waals surface area (Å²) >= 11 is 0. The molecule has 8 rings (SSSR count). The van der Waals surface area contributed by atoms with Gasteiger partial charge in [-0.15, -0.1) is 0 Å². The molecule has 2 heterocycles. The molecule has 0 aromatic heterocycles. The highest BCUT2D eigenvalue weighted by molar-refractivity contribution is 6.42. The molecular weight excluding hydrogens is 560 g/mol. The lowest BCUT2D eigenvalue weighted by molar-refractivity contribution is 0.0873. The van der Waals surface area contributed by atoms with Gasteiger partial charge in [0.1, 0.15) is 0 Å². The summed E-state index contributed by atoms with van der Waals surface area (Å²) in [4.78, 5) is 57.7. The number of nitrogens with zero attached hydrogens (tertiary/aromatic N) is 2. The fourth-order valence-corrected chi connectivity index (χ4v) is 6.64. The zero-order valence-electron chi connectivity index (χ0n) is 24.4. The summed E-state index contributed by atoms with van der Waals surface area (Å²) < 4.78 is 0. The van der Waals surface area contributed by atoms with Crippen molar-refractivity contribution < 1.29 is 19.2 Å². The minimum atomic E-state index is -0.495. The van der Waals surface area contributed by atoms with Gasteiger partial charge in [-0.1, -0.05) is 72.9 Å². The fraction of sp³-hybridized carbons (Fsp3) is 0.0769. The van der Waals surface area contributed by atoms with Crippen molar-refractivity contribution in [3.63, 3.8) is 0 Å². The molecule has 216 valence electrons. The van der Waals surface area contributed by atoms with Crippen LogP contribution in [0.3, 0.4) is 0 Å². The number of imide groups is 2. The molecule has 0 N–H and O–H groups in total. The summed E-state index contributed by atoms with van der Waals surface area (Å²) in [7, 11) is 0. The van der Waals surface area contributed by atoms with Gasteiger partial charge in [-0.05, 0) is 84.1 Å². The van der Waals surface area contributed by atoms with Gasteiger partial charge in [0.2, 0.25) is 0 Å². The lowest BCUT2D eigenvalue weighted by atomic mass is 9.85. The van der Waals surface area contributed by atoms with Gasteiger partial charge in [-0.3, -0.25) is 19.2 Å². The zero-order chi connectivity index (χ0) is 30.8. The number of benzene rings is 4. The number of carbonyl (C=O) groups is 4. The second kappa shape index (κ2) is 10.1. The topological polar surface area (TPSA) is 74.8 Å². The van der Waals surface area contributed by atoms with Crippen LogP contribution in [0.25, 0.3) is 21.9 Å². The summed E-state index contributed by atoms with van der Waals surface area (Å²) in [5.41, 5.74) is 6.21. The molecule has 2 aliphatic carbocycles. The first-order valence-corrected chi connectivity index (χ1v) is 14.9. The van der Waals surface area contributed by atoms with E-state index in [4.69, 9.17) is 0 Å². The highest BCUT2D eigenvalue weighted by Crippen LogP contribution is 2.40. The lowest BCUT2D eigenvalue weighted by Crippen LogP contribution is -2.43. The van der Waals surface area contributed by atoms with Crippen LogP contribution in [0.2, 0.25) is 0 Å². The SMILES string of the molecule is C/C(=C\C1C=CC=C1)c1ccc(N2C(=O)c3ccc4c5c(ccc(c35)C2=O)C(=O)N(c2ccc(C3=CCC=C3)cc2)C4=O)cc1. The quantitative estimate of drug-likeness (QED) is 0.223. The van der Waals surface area contributed by atoms with E-state index in [1.807, 2.05) is 49.4 Å². The van der Waals surface area contributed by atoms with Crippen molar-refractivity contribution in [1.82, 2.24) is 0 Å². The molecule has 0 saturated carbocycles. The van der Waals surface area contributed by atoms with Gasteiger partial charge in [0.05, 0.1) is 11.4 Å². The molecule has 6 nitrogen and oxygen atoms in total. The fourth-order valence-electron chi connectivity index (χ4n) is 6.64. The van der Waals surface area contributed by atoms with Gasteiger partial charge < -0.3 is 0 Å². The minimum Gasteiger partial charge on any atom is -0.268 e. The first-order valence-electron chi connectivity index (χ1n) is 14.9. The molecule has 0 saturated heterocycles. The first kappa shape index (κ1) is 26.7. The maximum absolute atomic E-state index is 13.9. The molecule has 4 aliphatic rings. The molecule has 0 bridgehead atoms. The summed E-state index contributed by atoms with van der Waals surface area (Å²) in [5, 5.41) is 0.697. The minimum absolute atomic E-state index is 0.247. The normalized spacial score (nSPS) is 17.4. The van der Waals surface area contributed by atoms with Gasteiger partial charge in [0.25, 0.3) is 23.6 Å². The molecule has 6 heteroatoms. The van der Waals surface area contributed by atoms with Crippen LogP contribution in [0, 0.1) is 5.92 Å². The number of amides is 4. The average molecular weight is 587 g/mol. The van der Waals surface area contributed by atoms with E-state index in [2.05, 4.69) is 30.4 Å². The van der Waals surface area contributed by atoms with Crippen LogP contribution in [0.4, 0.5) is 11.4 Å². The highest BCUT2D eigenvalue weighted by Gasteiger charge is 2.40. The van der Waals surface area contributed by atoms with Crippen molar-refractivity contribution in [3.8, 4) is 0 Å². The summed E-state index contributed by atoms with van der Waals surface area (Å²) in [6.07, 6.45) is 17.5. The third-order valence-electron chi connectivity index (χ3n) is 8.93. The van der Waals surface area contributed by atoms with E-state index in [9.17, 15) is 19.2 Å². The Morgan fingerprint density at radius 3 is 1.56 bits per heavy atom. The number of anilines is 2. The number of hydrogen-bond acceptors (Lipinski definition) is 4. The Morgan fingerprint density at radius 1 is 0.644 bits per heavy atom. The number of rotatable bonds is 5. The van der Waals surface area contributed by atoms with Crippen LogP contribution < -0.4 is 9.80 Å². The number of hydrogen-bond donors (Lipinski definition) is 0. The van der Waals surface area contributed by atoms with E-state index >= 15 is 0 Å². The monoisotopic (exact) mass is 586 g/mol. The standard InChI is InChI=1S/C39H26N2O4/c1-23(22-24-6-2-3-7-24)25-10-14-28(15-11-25)40-36(42)30-18-20-32-35-33(21-19-31(34(30)35)37(40)43)39(45)41(38(32)44)29-16-12-27(13-17-29)26-8-4-5-9-26/h2-4,6-22,24H,5H2,1H3/b23-22+. The summed E-state index contributed by atoms with van der Waals surface area (Å²) in [5.74, 6) is -1.73. The Labute approximate surface area is 259 Å². The molecule has 0 atom stereocenters. The number of allylic oxidation sites excluding steroid dienone is 10. The van der Waals surface area contributed by atoms with Crippen molar-refractivity contribution >= 4 is 56.9 Å². The smallest absolute Gasteiger partial charge is 0.265 e. The Balaban J connectivity index is 1.14. The van der Waals surface area contributed by atoms with Gasteiger partial charge in [-0.25, -0.2) is 9.80 Å². The highest BCUT2D eigenvalue weighted by atomic mass is 16.2. The summed E-state index contributed by atoms with van der Waals surface area (Å²) in [6.45, 7) is 2.03. The maximum Gasteiger partial charge on any atom is 0.265 e. The van der Waals surface area contributed by atoms with E-state index in [1.165, 1.54) is 4.90 Å². The Kier molecular flexibility index (Phi) is 6.00. The van der Waals surface area contributed by atoms with Crippen molar-refractivity contribution in [2.45, 2.75) is 13.3 Å². The average Bonchev–Trinajstić information content (AvgIpc) is 3.79. The molecule has 4 aromatic carbocycles. The first-order chi connectivity index (χ1) is 21.9. The third kappa shape index (κ3) is 4.10. The molecule has 0 fully saturated rings. The molecule has 4 amide bonds. The van der Waals surface area contributed by atoms with E-state index in [-0.39, 0.29) is 28.2 Å². The molecule has 0 unspecified atom stereocenters. The predicted octanol–water partition coefficient (Wildman–Crippen LogP) is 7.93.